The summed E-state index contributed by atoms with van der Waals surface area (Å²) < 4.78 is 28.0. The van der Waals surface area contributed by atoms with E-state index in [0.717, 1.165) is 0 Å². The Labute approximate surface area is 104 Å². The van der Waals surface area contributed by atoms with Gasteiger partial charge in [0.15, 0.2) is 0 Å². The van der Waals surface area contributed by atoms with Gasteiger partial charge in [-0.05, 0) is 37.2 Å². The van der Waals surface area contributed by atoms with Gasteiger partial charge in [0.25, 0.3) is 0 Å². The van der Waals surface area contributed by atoms with Crippen LogP contribution in [0.4, 0.5) is 14.5 Å². The third kappa shape index (κ3) is 4.67. The van der Waals surface area contributed by atoms with Crippen LogP contribution < -0.4 is 15.8 Å². The van der Waals surface area contributed by atoms with E-state index in [-0.39, 0.29) is 17.6 Å². The molecular formula is C12H16F2N2O2. The van der Waals surface area contributed by atoms with Crippen molar-refractivity contribution in [2.75, 3.05) is 11.9 Å². The Balaban J connectivity index is 2.55. The fraction of sp³-hybridized carbons (Fsp3) is 0.417. The van der Waals surface area contributed by atoms with Crippen LogP contribution in [0.2, 0.25) is 0 Å². The number of halogens is 2. The van der Waals surface area contributed by atoms with Crippen LogP contribution in [0.25, 0.3) is 0 Å². The summed E-state index contributed by atoms with van der Waals surface area (Å²) in [6, 6.07) is 5.75. The standard InChI is InChI=1S/C12H16F2N2O2/c1-8(6-7-15)11(17)16-9-2-4-10(5-3-9)18-12(13)14/h2-5,8,12H,6-7,15H2,1H3,(H,16,17). The van der Waals surface area contributed by atoms with Gasteiger partial charge in [-0.1, -0.05) is 6.92 Å². The summed E-state index contributed by atoms with van der Waals surface area (Å²) in [5.74, 6) is -0.284. The van der Waals surface area contributed by atoms with E-state index in [1.165, 1.54) is 24.3 Å². The largest absolute Gasteiger partial charge is 0.435 e. The van der Waals surface area contributed by atoms with Crippen molar-refractivity contribution in [3.8, 4) is 5.75 Å². The molecule has 0 saturated carbocycles. The van der Waals surface area contributed by atoms with Gasteiger partial charge >= 0.3 is 6.61 Å². The number of anilines is 1. The smallest absolute Gasteiger partial charge is 0.387 e. The van der Waals surface area contributed by atoms with Crippen LogP contribution in [-0.2, 0) is 4.79 Å². The summed E-state index contributed by atoms with van der Waals surface area (Å²) in [6.45, 7) is -0.637. The van der Waals surface area contributed by atoms with Crippen molar-refractivity contribution < 1.29 is 18.3 Å². The van der Waals surface area contributed by atoms with Gasteiger partial charge in [0.2, 0.25) is 5.91 Å². The van der Waals surface area contributed by atoms with Gasteiger partial charge in [-0.3, -0.25) is 4.79 Å². The number of ether oxygens (including phenoxy) is 1. The van der Waals surface area contributed by atoms with Crippen molar-refractivity contribution >= 4 is 11.6 Å². The summed E-state index contributed by atoms with van der Waals surface area (Å²) >= 11 is 0. The van der Waals surface area contributed by atoms with Crippen LogP contribution >= 0.6 is 0 Å². The molecule has 3 N–H and O–H groups in total. The van der Waals surface area contributed by atoms with Crippen LogP contribution in [0.3, 0.4) is 0 Å². The maximum Gasteiger partial charge on any atom is 0.387 e. The molecule has 100 valence electrons. The van der Waals surface area contributed by atoms with Gasteiger partial charge in [-0.25, -0.2) is 0 Å². The molecular weight excluding hydrogens is 242 g/mol. The average Bonchev–Trinajstić information content (AvgIpc) is 2.31. The maximum atomic E-state index is 11.9. The Morgan fingerprint density at radius 3 is 2.50 bits per heavy atom. The van der Waals surface area contributed by atoms with Gasteiger partial charge in [0.1, 0.15) is 5.75 Å². The van der Waals surface area contributed by atoms with E-state index in [2.05, 4.69) is 10.1 Å². The number of amides is 1. The minimum atomic E-state index is -2.85. The molecule has 18 heavy (non-hydrogen) atoms. The number of carbonyl (C=O) groups excluding carboxylic acids is 1. The second kappa shape index (κ2) is 6.90. The van der Waals surface area contributed by atoms with Crippen LogP contribution in [-0.4, -0.2) is 19.1 Å². The molecule has 0 saturated heterocycles. The second-order valence-corrected chi connectivity index (χ2v) is 3.87. The van der Waals surface area contributed by atoms with Crippen molar-refractivity contribution in [1.29, 1.82) is 0 Å². The van der Waals surface area contributed by atoms with E-state index in [1.54, 1.807) is 6.92 Å². The van der Waals surface area contributed by atoms with Crippen LogP contribution in [0.1, 0.15) is 13.3 Å². The third-order valence-electron chi connectivity index (χ3n) is 2.39. The SMILES string of the molecule is CC(CCN)C(=O)Nc1ccc(OC(F)F)cc1. The van der Waals surface area contributed by atoms with Crippen LogP contribution in [0.5, 0.6) is 5.75 Å². The lowest BCUT2D eigenvalue weighted by molar-refractivity contribution is -0.119. The van der Waals surface area contributed by atoms with Gasteiger partial charge < -0.3 is 15.8 Å². The third-order valence-corrected chi connectivity index (χ3v) is 2.39. The summed E-state index contributed by atoms with van der Waals surface area (Å²) in [5, 5.41) is 2.67. The first kappa shape index (κ1) is 14.4. The van der Waals surface area contributed by atoms with Crippen molar-refractivity contribution in [1.82, 2.24) is 0 Å². The Kier molecular flexibility index (Phi) is 5.51. The van der Waals surface area contributed by atoms with Gasteiger partial charge in [0, 0.05) is 11.6 Å². The molecule has 0 aliphatic rings. The molecule has 4 nitrogen and oxygen atoms in total. The number of hydrogen-bond acceptors (Lipinski definition) is 3. The average molecular weight is 258 g/mol. The first-order chi connectivity index (χ1) is 8.52. The highest BCUT2D eigenvalue weighted by atomic mass is 19.3. The first-order valence-corrected chi connectivity index (χ1v) is 5.58. The number of nitrogens with one attached hydrogen (secondary N) is 1. The Hall–Kier alpha value is -1.69. The van der Waals surface area contributed by atoms with E-state index in [1.807, 2.05) is 0 Å². The number of benzene rings is 1. The molecule has 1 rings (SSSR count). The van der Waals surface area contributed by atoms with E-state index >= 15 is 0 Å². The molecule has 1 atom stereocenters. The molecule has 1 aromatic carbocycles. The summed E-state index contributed by atoms with van der Waals surface area (Å²) in [4.78, 5) is 11.6. The van der Waals surface area contributed by atoms with Gasteiger partial charge in [-0.15, -0.1) is 0 Å². The van der Waals surface area contributed by atoms with Crippen LogP contribution in [0, 0.1) is 5.92 Å². The Bertz CT molecular complexity index is 382. The van der Waals surface area contributed by atoms with E-state index in [9.17, 15) is 13.6 Å². The van der Waals surface area contributed by atoms with E-state index < -0.39 is 6.61 Å². The molecule has 0 aromatic heterocycles. The molecule has 1 aromatic rings. The van der Waals surface area contributed by atoms with Crippen molar-refractivity contribution in [3.05, 3.63) is 24.3 Å². The lowest BCUT2D eigenvalue weighted by Gasteiger charge is -2.11. The molecule has 0 heterocycles. The Morgan fingerprint density at radius 1 is 1.39 bits per heavy atom. The molecule has 0 spiro atoms. The van der Waals surface area contributed by atoms with E-state index in [0.29, 0.717) is 18.7 Å². The lowest BCUT2D eigenvalue weighted by Crippen LogP contribution is -2.22. The zero-order chi connectivity index (χ0) is 13.5. The number of nitrogens with two attached hydrogens (primary N) is 1. The summed E-state index contributed by atoms with van der Waals surface area (Å²) in [6.07, 6.45) is 0.596. The fourth-order valence-corrected chi connectivity index (χ4v) is 1.37. The number of rotatable bonds is 6. The molecule has 0 fully saturated rings. The van der Waals surface area contributed by atoms with Crippen LogP contribution in [0.15, 0.2) is 24.3 Å². The number of carbonyl (C=O) groups is 1. The zero-order valence-corrected chi connectivity index (χ0v) is 10.0. The van der Waals surface area contributed by atoms with E-state index in [4.69, 9.17) is 5.73 Å². The molecule has 0 bridgehead atoms. The highest BCUT2D eigenvalue weighted by Gasteiger charge is 2.12. The summed E-state index contributed by atoms with van der Waals surface area (Å²) in [7, 11) is 0. The maximum absolute atomic E-state index is 11.9. The molecule has 0 radical (unpaired) electrons. The highest BCUT2D eigenvalue weighted by molar-refractivity contribution is 5.92. The normalized spacial score (nSPS) is 12.3. The zero-order valence-electron chi connectivity index (χ0n) is 10.0. The Morgan fingerprint density at radius 2 is 2.00 bits per heavy atom. The van der Waals surface area contributed by atoms with Gasteiger partial charge in [0.05, 0.1) is 0 Å². The first-order valence-electron chi connectivity index (χ1n) is 5.58. The predicted molar refractivity (Wildman–Crippen MR) is 64.5 cm³/mol. The molecule has 1 amide bonds. The molecule has 0 aliphatic heterocycles. The second-order valence-electron chi connectivity index (χ2n) is 3.87. The lowest BCUT2D eigenvalue weighted by atomic mass is 10.1. The molecule has 1 unspecified atom stereocenters. The predicted octanol–water partition coefficient (Wildman–Crippen LogP) is 2.21. The minimum absolute atomic E-state index is 0.0537. The summed E-state index contributed by atoms with van der Waals surface area (Å²) in [5.41, 5.74) is 5.89. The minimum Gasteiger partial charge on any atom is -0.435 e. The van der Waals surface area contributed by atoms with Crippen molar-refractivity contribution in [2.45, 2.75) is 20.0 Å². The highest BCUT2D eigenvalue weighted by Crippen LogP contribution is 2.18. The molecule has 0 aliphatic carbocycles. The number of alkyl halides is 2. The van der Waals surface area contributed by atoms with Crippen molar-refractivity contribution in [2.24, 2.45) is 11.7 Å². The van der Waals surface area contributed by atoms with Gasteiger partial charge in [-0.2, -0.15) is 8.78 Å². The number of hydrogen-bond donors (Lipinski definition) is 2. The van der Waals surface area contributed by atoms with Crippen molar-refractivity contribution in [3.63, 3.8) is 0 Å². The fourth-order valence-electron chi connectivity index (χ4n) is 1.37. The topological polar surface area (TPSA) is 64.4 Å². The molecule has 6 heteroatoms. The monoisotopic (exact) mass is 258 g/mol. The quantitative estimate of drug-likeness (QED) is 0.822.